The van der Waals surface area contributed by atoms with Gasteiger partial charge in [0.15, 0.2) is 0 Å². The molecule has 1 aliphatic heterocycles. The monoisotopic (exact) mass is 489 g/mol. The Hall–Kier alpha value is -3.41. The summed E-state index contributed by atoms with van der Waals surface area (Å²) in [6.07, 6.45) is 1.72. The Labute approximate surface area is 213 Å². The number of esters is 1. The number of ether oxygens (including phenoxy) is 3. The maximum absolute atomic E-state index is 13.7. The van der Waals surface area contributed by atoms with E-state index in [-0.39, 0.29) is 17.8 Å². The molecule has 3 atom stereocenters. The molecule has 1 saturated carbocycles. The van der Waals surface area contributed by atoms with Gasteiger partial charge in [-0.05, 0) is 74.9 Å². The van der Waals surface area contributed by atoms with Crippen molar-refractivity contribution in [1.29, 1.82) is 0 Å². The van der Waals surface area contributed by atoms with E-state index in [1.807, 2.05) is 69.3 Å². The third kappa shape index (κ3) is 5.38. The standard InChI is InChI=1S/C30H35NO5/c1-6-15-35-24-13-9-21(10-14-24)28-27(30(33)36-18(2)3)19(4)31-25-16-22(17-26(32)29(25)28)20-7-11-23(34-5)12-8-20/h7-14,18,22,28-29H,6,15-17H2,1-5H3/t22-,28+,29?/m1/s1. The zero-order valence-corrected chi connectivity index (χ0v) is 21.7. The van der Waals surface area contributed by atoms with Crippen LogP contribution in [0.25, 0.3) is 0 Å². The van der Waals surface area contributed by atoms with Crippen LogP contribution < -0.4 is 9.47 Å². The van der Waals surface area contributed by atoms with E-state index < -0.39 is 17.8 Å². The molecule has 36 heavy (non-hydrogen) atoms. The van der Waals surface area contributed by atoms with Crippen LogP contribution in [0.4, 0.5) is 0 Å². The lowest BCUT2D eigenvalue weighted by atomic mass is 9.66. The number of methoxy groups -OCH3 is 1. The minimum Gasteiger partial charge on any atom is -0.497 e. The average Bonchev–Trinajstić information content (AvgIpc) is 2.86. The largest absolute Gasteiger partial charge is 0.497 e. The molecule has 0 amide bonds. The number of carbonyl (C=O) groups is 2. The number of aliphatic imine (C=N–C) groups is 1. The van der Waals surface area contributed by atoms with Crippen molar-refractivity contribution in [3.63, 3.8) is 0 Å². The molecule has 2 aliphatic rings. The van der Waals surface area contributed by atoms with Gasteiger partial charge in [-0.1, -0.05) is 31.2 Å². The highest BCUT2D eigenvalue weighted by Crippen LogP contribution is 2.46. The van der Waals surface area contributed by atoms with Crippen molar-refractivity contribution in [2.24, 2.45) is 10.9 Å². The van der Waals surface area contributed by atoms with Crippen LogP contribution in [0.5, 0.6) is 11.5 Å². The summed E-state index contributed by atoms with van der Waals surface area (Å²) in [7, 11) is 1.64. The summed E-state index contributed by atoms with van der Waals surface area (Å²) < 4.78 is 16.6. The first kappa shape index (κ1) is 25.7. The molecule has 1 heterocycles. The molecule has 0 bridgehead atoms. The molecule has 1 fully saturated rings. The van der Waals surface area contributed by atoms with E-state index >= 15 is 0 Å². The lowest BCUT2D eigenvalue weighted by Gasteiger charge is -2.38. The van der Waals surface area contributed by atoms with E-state index in [0.29, 0.717) is 30.7 Å². The van der Waals surface area contributed by atoms with E-state index in [9.17, 15) is 9.59 Å². The van der Waals surface area contributed by atoms with Crippen molar-refractivity contribution in [3.8, 4) is 11.5 Å². The number of hydrogen-bond donors (Lipinski definition) is 0. The van der Waals surface area contributed by atoms with Gasteiger partial charge < -0.3 is 14.2 Å². The van der Waals surface area contributed by atoms with Gasteiger partial charge in [0.1, 0.15) is 17.3 Å². The number of benzene rings is 2. The van der Waals surface area contributed by atoms with E-state index in [4.69, 9.17) is 19.2 Å². The SMILES string of the molecule is CCCOc1ccc([C@H]2C(C(=O)OC(C)C)=C(C)N=C3C[C@@H](c4ccc(OC)cc4)CC(=O)C32)cc1. The molecule has 1 unspecified atom stereocenters. The fourth-order valence-electron chi connectivity index (χ4n) is 5.18. The zero-order chi connectivity index (χ0) is 25.8. The van der Waals surface area contributed by atoms with E-state index in [1.165, 1.54) is 0 Å². The molecule has 0 aromatic heterocycles. The number of allylic oxidation sites excluding steroid dienone is 1. The molecule has 6 nitrogen and oxygen atoms in total. The lowest BCUT2D eigenvalue weighted by molar-refractivity contribution is -0.143. The Morgan fingerprint density at radius 1 is 0.972 bits per heavy atom. The number of ketones is 1. The second kappa shape index (κ2) is 11.1. The van der Waals surface area contributed by atoms with Crippen molar-refractivity contribution in [2.75, 3.05) is 13.7 Å². The normalized spacial score (nSPS) is 21.7. The van der Waals surface area contributed by atoms with E-state index in [1.54, 1.807) is 7.11 Å². The molecule has 0 saturated heterocycles. The second-order valence-electron chi connectivity index (χ2n) is 9.77. The molecule has 190 valence electrons. The van der Waals surface area contributed by atoms with E-state index in [2.05, 4.69) is 6.92 Å². The third-order valence-electron chi connectivity index (χ3n) is 6.82. The molecular weight excluding hydrogens is 454 g/mol. The summed E-state index contributed by atoms with van der Waals surface area (Å²) in [6, 6.07) is 15.6. The van der Waals surface area contributed by atoms with Gasteiger partial charge in [0, 0.05) is 23.7 Å². The molecule has 0 radical (unpaired) electrons. The molecule has 6 heteroatoms. The minimum atomic E-state index is -0.486. The minimum absolute atomic E-state index is 0.0424. The zero-order valence-electron chi connectivity index (χ0n) is 21.7. The summed E-state index contributed by atoms with van der Waals surface area (Å²) in [4.78, 5) is 31.8. The highest BCUT2D eigenvalue weighted by Gasteiger charge is 2.46. The fraction of sp³-hybridized carbons (Fsp3) is 0.433. The van der Waals surface area contributed by atoms with Crippen molar-refractivity contribution in [1.82, 2.24) is 0 Å². The molecule has 0 N–H and O–H groups in total. The second-order valence-corrected chi connectivity index (χ2v) is 9.77. The average molecular weight is 490 g/mol. The van der Waals surface area contributed by atoms with Crippen LogP contribution >= 0.6 is 0 Å². The molecule has 4 rings (SSSR count). The summed E-state index contributed by atoms with van der Waals surface area (Å²) in [6.45, 7) is 8.19. The first-order valence-corrected chi connectivity index (χ1v) is 12.7. The van der Waals surface area contributed by atoms with Crippen LogP contribution in [0.3, 0.4) is 0 Å². The fourth-order valence-corrected chi connectivity index (χ4v) is 5.18. The molecule has 2 aromatic carbocycles. The number of rotatable bonds is 8. The quantitative estimate of drug-likeness (QED) is 0.425. The van der Waals surface area contributed by atoms with Gasteiger partial charge in [0.2, 0.25) is 0 Å². The van der Waals surface area contributed by atoms with Crippen LogP contribution in [-0.2, 0) is 14.3 Å². The van der Waals surface area contributed by atoms with Crippen LogP contribution in [0.2, 0.25) is 0 Å². The predicted octanol–water partition coefficient (Wildman–Crippen LogP) is 6.01. The number of Topliss-reactive ketones (excluding diaryl/α,β-unsaturated/α-hetero) is 1. The summed E-state index contributed by atoms with van der Waals surface area (Å²) in [5, 5.41) is 0. The van der Waals surface area contributed by atoms with Gasteiger partial charge >= 0.3 is 5.97 Å². The van der Waals surface area contributed by atoms with Crippen molar-refractivity contribution >= 4 is 17.5 Å². The van der Waals surface area contributed by atoms with Crippen LogP contribution in [0.15, 0.2) is 64.8 Å². The molecule has 0 spiro atoms. The topological polar surface area (TPSA) is 74.2 Å². The maximum atomic E-state index is 13.7. The first-order chi connectivity index (χ1) is 17.3. The first-order valence-electron chi connectivity index (χ1n) is 12.7. The van der Waals surface area contributed by atoms with Gasteiger partial charge in [0.25, 0.3) is 0 Å². The Kier molecular flexibility index (Phi) is 7.92. The Bertz CT molecular complexity index is 1160. The smallest absolute Gasteiger partial charge is 0.336 e. The Morgan fingerprint density at radius 3 is 2.22 bits per heavy atom. The number of hydrogen-bond acceptors (Lipinski definition) is 6. The number of carbonyl (C=O) groups excluding carboxylic acids is 2. The highest BCUT2D eigenvalue weighted by molar-refractivity contribution is 6.12. The van der Waals surface area contributed by atoms with Gasteiger partial charge in [-0.3, -0.25) is 9.79 Å². The lowest BCUT2D eigenvalue weighted by Crippen LogP contribution is -2.41. The molecular formula is C30H35NO5. The Balaban J connectivity index is 1.72. The summed E-state index contributed by atoms with van der Waals surface area (Å²) in [5.74, 6) is 0.361. The highest BCUT2D eigenvalue weighted by atomic mass is 16.5. The third-order valence-corrected chi connectivity index (χ3v) is 6.82. The van der Waals surface area contributed by atoms with Gasteiger partial charge in [0.05, 0.1) is 31.3 Å². The van der Waals surface area contributed by atoms with Crippen molar-refractivity contribution < 1.29 is 23.8 Å². The molecule has 2 aromatic rings. The summed E-state index contributed by atoms with van der Waals surface area (Å²) >= 11 is 0. The van der Waals surface area contributed by atoms with Gasteiger partial charge in [-0.2, -0.15) is 0 Å². The van der Waals surface area contributed by atoms with Crippen LogP contribution in [0.1, 0.15) is 69.9 Å². The van der Waals surface area contributed by atoms with Gasteiger partial charge in [-0.15, -0.1) is 0 Å². The Morgan fingerprint density at radius 2 is 1.61 bits per heavy atom. The number of nitrogens with zero attached hydrogens (tertiary/aromatic N) is 1. The van der Waals surface area contributed by atoms with Crippen molar-refractivity contribution in [2.45, 2.75) is 64.9 Å². The van der Waals surface area contributed by atoms with Crippen LogP contribution in [-0.4, -0.2) is 37.3 Å². The molecule has 1 aliphatic carbocycles. The van der Waals surface area contributed by atoms with Crippen LogP contribution in [0, 0.1) is 5.92 Å². The number of fused-ring (bicyclic) bond motifs is 1. The van der Waals surface area contributed by atoms with E-state index in [0.717, 1.165) is 34.8 Å². The predicted molar refractivity (Wildman–Crippen MR) is 140 cm³/mol. The maximum Gasteiger partial charge on any atom is 0.336 e. The summed E-state index contributed by atoms with van der Waals surface area (Å²) in [5.41, 5.74) is 3.90. The van der Waals surface area contributed by atoms with Crippen molar-refractivity contribution in [3.05, 3.63) is 70.9 Å². The van der Waals surface area contributed by atoms with Gasteiger partial charge in [-0.25, -0.2) is 4.79 Å².